The number of alkyl halides is 3. The van der Waals surface area contributed by atoms with Crippen LogP contribution >= 0.6 is 11.3 Å². The third kappa shape index (κ3) is 3.32. The van der Waals surface area contributed by atoms with Gasteiger partial charge in [0.25, 0.3) is 0 Å². The Balaban J connectivity index is 0. The first kappa shape index (κ1) is 14.6. The van der Waals surface area contributed by atoms with Crippen LogP contribution in [-0.4, -0.2) is 8.76 Å². The molecule has 0 spiro atoms. The molecule has 14 heavy (non-hydrogen) atoms. The third-order valence-corrected chi connectivity index (χ3v) is 3.36. The molecule has 8 heteroatoms. The quantitative estimate of drug-likeness (QED) is 0.555. The average molecular weight is 254 g/mol. The second kappa shape index (κ2) is 5.09. The van der Waals surface area contributed by atoms with Gasteiger partial charge in [-0.15, -0.1) is 11.3 Å². The summed E-state index contributed by atoms with van der Waals surface area (Å²) in [6.45, 7) is 1.27. The van der Waals surface area contributed by atoms with E-state index in [2.05, 4.69) is 0 Å². The van der Waals surface area contributed by atoms with Crippen molar-refractivity contribution in [3.8, 4) is 0 Å². The fraction of sp³-hybridized carbons (Fsp3) is 0.333. The Morgan fingerprint density at radius 3 is 2.29 bits per heavy atom. The van der Waals surface area contributed by atoms with Crippen molar-refractivity contribution < 1.29 is 52.9 Å². The Hall–Kier alpha value is 0.600. The Morgan fingerprint density at radius 2 is 2.07 bits per heavy atom. The van der Waals surface area contributed by atoms with Crippen molar-refractivity contribution in [1.82, 2.24) is 0 Å². The SMILES string of the molecule is Cc1sc(S(=O)O)cc1C(F)(F)F.[H-].[Na+]. The minimum atomic E-state index is -4.45. The second-order valence-electron chi connectivity index (χ2n) is 2.28. The van der Waals surface area contributed by atoms with E-state index < -0.39 is 22.8 Å². The van der Waals surface area contributed by atoms with Crippen molar-refractivity contribution in [2.45, 2.75) is 17.3 Å². The zero-order valence-electron chi connectivity index (χ0n) is 8.38. The van der Waals surface area contributed by atoms with Crippen LogP contribution < -0.4 is 29.6 Å². The van der Waals surface area contributed by atoms with Gasteiger partial charge in [0.05, 0.1) is 5.56 Å². The summed E-state index contributed by atoms with van der Waals surface area (Å²) in [6.07, 6.45) is -4.45. The van der Waals surface area contributed by atoms with E-state index in [1.807, 2.05) is 0 Å². The molecule has 1 rings (SSSR count). The van der Waals surface area contributed by atoms with Gasteiger partial charge in [0.15, 0.2) is 11.1 Å². The topological polar surface area (TPSA) is 37.3 Å². The van der Waals surface area contributed by atoms with Crippen molar-refractivity contribution in [2.24, 2.45) is 0 Å². The summed E-state index contributed by atoms with van der Waals surface area (Å²) >= 11 is -1.66. The van der Waals surface area contributed by atoms with Gasteiger partial charge >= 0.3 is 35.7 Å². The van der Waals surface area contributed by atoms with Crippen LogP contribution in [0.1, 0.15) is 11.9 Å². The molecule has 0 fully saturated rings. The van der Waals surface area contributed by atoms with E-state index in [1.54, 1.807) is 0 Å². The molecule has 1 N–H and O–H groups in total. The number of thiophene rings is 1. The first-order valence-corrected chi connectivity index (χ1v) is 5.03. The zero-order chi connectivity index (χ0) is 10.2. The van der Waals surface area contributed by atoms with Crippen LogP contribution in [0.25, 0.3) is 0 Å². The van der Waals surface area contributed by atoms with Crippen molar-refractivity contribution in [1.29, 1.82) is 0 Å². The van der Waals surface area contributed by atoms with Gasteiger partial charge in [0.2, 0.25) is 0 Å². The minimum Gasteiger partial charge on any atom is -1.00 e. The van der Waals surface area contributed by atoms with E-state index in [0.717, 1.165) is 0 Å². The van der Waals surface area contributed by atoms with E-state index in [-0.39, 0.29) is 40.1 Å². The summed E-state index contributed by atoms with van der Waals surface area (Å²) in [4.78, 5) is 0.00454. The molecule has 1 aromatic heterocycles. The molecule has 0 aliphatic carbocycles. The van der Waals surface area contributed by atoms with Crippen molar-refractivity contribution in [3.05, 3.63) is 16.5 Å². The van der Waals surface area contributed by atoms with Gasteiger partial charge in [-0.3, -0.25) is 0 Å². The van der Waals surface area contributed by atoms with Crippen LogP contribution in [0.2, 0.25) is 0 Å². The molecule has 0 aromatic carbocycles. The molecule has 1 atom stereocenters. The second-order valence-corrected chi connectivity index (χ2v) is 4.74. The average Bonchev–Trinajstić information content (AvgIpc) is 2.29. The smallest absolute Gasteiger partial charge is 1.00 e. The van der Waals surface area contributed by atoms with Crippen molar-refractivity contribution in [2.75, 3.05) is 0 Å². The Labute approximate surface area is 109 Å². The van der Waals surface area contributed by atoms with Crippen LogP contribution in [0, 0.1) is 6.92 Å². The first-order valence-electron chi connectivity index (χ1n) is 3.11. The number of hydrogen-bond acceptors (Lipinski definition) is 2. The molecule has 76 valence electrons. The van der Waals surface area contributed by atoms with Gasteiger partial charge in [-0.1, -0.05) is 0 Å². The molecule has 0 saturated carbocycles. The molecule has 0 aliphatic rings. The summed E-state index contributed by atoms with van der Waals surface area (Å²) in [5.41, 5.74) is -0.838. The maximum atomic E-state index is 12.2. The predicted octanol–water partition coefficient (Wildman–Crippen LogP) is -0.228. The standard InChI is InChI=1S/C6H5F3O2S2.Na.H/c1-3-4(6(7,8)9)2-5(12-3)13(10)11;;/h2H,1H3,(H,10,11);;/q;+1;-1. The monoisotopic (exact) mass is 254 g/mol. The molecule has 2 nitrogen and oxygen atoms in total. The fourth-order valence-electron chi connectivity index (χ4n) is 0.822. The van der Waals surface area contributed by atoms with Gasteiger partial charge in [0, 0.05) is 4.88 Å². The molecule has 1 heterocycles. The van der Waals surface area contributed by atoms with E-state index in [9.17, 15) is 17.4 Å². The Bertz CT molecular complexity index is 353. The van der Waals surface area contributed by atoms with Gasteiger partial charge in [0.1, 0.15) is 4.21 Å². The Kier molecular flexibility index (Phi) is 5.31. The van der Waals surface area contributed by atoms with E-state index in [0.29, 0.717) is 17.4 Å². The van der Waals surface area contributed by atoms with Crippen molar-refractivity contribution in [3.63, 3.8) is 0 Å². The van der Waals surface area contributed by atoms with E-state index in [1.165, 1.54) is 6.92 Å². The van der Waals surface area contributed by atoms with Crippen LogP contribution in [0.4, 0.5) is 13.2 Å². The molecular weight excluding hydrogens is 248 g/mol. The molecule has 0 saturated heterocycles. The predicted molar refractivity (Wildman–Crippen MR) is 44.2 cm³/mol. The third-order valence-electron chi connectivity index (χ3n) is 1.37. The molecule has 1 unspecified atom stereocenters. The zero-order valence-corrected chi connectivity index (χ0v) is 11.0. The van der Waals surface area contributed by atoms with E-state index >= 15 is 0 Å². The van der Waals surface area contributed by atoms with Crippen LogP contribution in [0.5, 0.6) is 0 Å². The summed E-state index contributed by atoms with van der Waals surface area (Å²) in [6, 6.07) is 0.704. The minimum absolute atomic E-state index is 0. The van der Waals surface area contributed by atoms with Crippen LogP contribution in [-0.2, 0) is 17.3 Å². The molecule has 0 bridgehead atoms. The first-order chi connectivity index (χ1) is 5.82. The number of hydrogen-bond donors (Lipinski definition) is 1. The van der Waals surface area contributed by atoms with Gasteiger partial charge in [-0.25, -0.2) is 4.21 Å². The van der Waals surface area contributed by atoms with Gasteiger partial charge in [-0.05, 0) is 13.0 Å². The summed E-state index contributed by atoms with van der Waals surface area (Å²) in [5.74, 6) is 0. The maximum absolute atomic E-state index is 12.2. The van der Waals surface area contributed by atoms with Crippen LogP contribution in [0.3, 0.4) is 0 Å². The summed E-state index contributed by atoms with van der Waals surface area (Å²) < 4.78 is 55.3. The Morgan fingerprint density at radius 1 is 1.57 bits per heavy atom. The van der Waals surface area contributed by atoms with Gasteiger partial charge < -0.3 is 5.98 Å². The number of halogens is 3. The van der Waals surface area contributed by atoms with Crippen LogP contribution in [0.15, 0.2) is 10.3 Å². The maximum Gasteiger partial charge on any atom is 1.00 e. The van der Waals surface area contributed by atoms with Crippen molar-refractivity contribution >= 4 is 22.4 Å². The van der Waals surface area contributed by atoms with Gasteiger partial charge in [-0.2, -0.15) is 13.2 Å². The fourth-order valence-corrected chi connectivity index (χ4v) is 2.46. The largest absolute Gasteiger partial charge is 1.00 e. The summed E-state index contributed by atoms with van der Waals surface area (Å²) in [5, 5.41) is 0. The number of rotatable bonds is 1. The molecule has 0 aliphatic heterocycles. The molecule has 1 aromatic rings. The van der Waals surface area contributed by atoms with E-state index in [4.69, 9.17) is 4.55 Å². The molecule has 0 amide bonds. The molecule has 0 radical (unpaired) electrons. The summed E-state index contributed by atoms with van der Waals surface area (Å²) in [7, 11) is 0. The number of aryl methyl sites for hydroxylation is 1. The normalized spacial score (nSPS) is 13.5. The molecular formula is C6H6F3NaO2S2.